The van der Waals surface area contributed by atoms with E-state index in [-0.39, 0.29) is 18.4 Å². The third-order valence-electron chi connectivity index (χ3n) is 3.84. The van der Waals surface area contributed by atoms with Crippen LogP contribution in [-0.4, -0.2) is 54.7 Å². The molecule has 0 radical (unpaired) electrons. The lowest BCUT2D eigenvalue weighted by Crippen LogP contribution is -2.43. The maximum absolute atomic E-state index is 11.6. The van der Waals surface area contributed by atoms with Gasteiger partial charge in [-0.2, -0.15) is 0 Å². The van der Waals surface area contributed by atoms with Crippen molar-refractivity contribution in [3.8, 4) is 0 Å². The molecule has 0 bridgehead atoms. The fourth-order valence-corrected chi connectivity index (χ4v) is 2.44. The van der Waals surface area contributed by atoms with E-state index in [0.29, 0.717) is 19.0 Å². The van der Waals surface area contributed by atoms with E-state index in [0.717, 1.165) is 32.5 Å². The minimum Gasteiger partial charge on any atom is -0.481 e. The number of hydrogen-bond donors (Lipinski definition) is 3. The van der Waals surface area contributed by atoms with Gasteiger partial charge in [0.05, 0.1) is 0 Å². The lowest BCUT2D eigenvalue weighted by molar-refractivity contribution is -0.137. The van der Waals surface area contributed by atoms with Gasteiger partial charge in [0.25, 0.3) is 0 Å². The van der Waals surface area contributed by atoms with Crippen LogP contribution >= 0.6 is 0 Å². The van der Waals surface area contributed by atoms with E-state index in [1.54, 1.807) is 0 Å². The molecule has 1 fully saturated rings. The van der Waals surface area contributed by atoms with E-state index < -0.39 is 5.97 Å². The van der Waals surface area contributed by atoms with Crippen LogP contribution in [0.4, 0.5) is 4.79 Å². The number of carboxylic acid groups (broad SMARTS) is 1. The average molecular weight is 285 g/mol. The van der Waals surface area contributed by atoms with Crippen molar-refractivity contribution in [2.45, 2.75) is 33.1 Å². The van der Waals surface area contributed by atoms with E-state index in [2.05, 4.69) is 22.5 Å². The van der Waals surface area contributed by atoms with Gasteiger partial charge >= 0.3 is 12.0 Å². The Labute approximate surface area is 120 Å². The molecule has 0 saturated carbocycles. The lowest BCUT2D eigenvalue weighted by atomic mass is 9.97. The second-order valence-corrected chi connectivity index (χ2v) is 5.67. The Morgan fingerprint density at radius 3 is 2.50 bits per heavy atom. The molecule has 0 spiro atoms. The molecule has 20 heavy (non-hydrogen) atoms. The van der Waals surface area contributed by atoms with Gasteiger partial charge in [0.15, 0.2) is 0 Å². The first-order chi connectivity index (χ1) is 9.51. The van der Waals surface area contributed by atoms with Crippen LogP contribution in [0.2, 0.25) is 0 Å². The highest BCUT2D eigenvalue weighted by Crippen LogP contribution is 2.15. The molecule has 1 unspecified atom stereocenters. The van der Waals surface area contributed by atoms with Gasteiger partial charge in [0.2, 0.25) is 0 Å². The number of aliphatic carboxylic acids is 1. The summed E-state index contributed by atoms with van der Waals surface area (Å²) in [6, 6.07) is -0.194. The van der Waals surface area contributed by atoms with Crippen LogP contribution in [0.3, 0.4) is 0 Å². The van der Waals surface area contributed by atoms with Crippen LogP contribution in [0.1, 0.15) is 33.1 Å². The lowest BCUT2D eigenvalue weighted by Gasteiger charge is -2.31. The first-order valence-electron chi connectivity index (χ1n) is 7.47. The van der Waals surface area contributed by atoms with Gasteiger partial charge in [-0.1, -0.05) is 13.8 Å². The second kappa shape index (κ2) is 8.79. The van der Waals surface area contributed by atoms with Gasteiger partial charge in [0.1, 0.15) is 0 Å². The van der Waals surface area contributed by atoms with Crippen LogP contribution in [0, 0.1) is 11.8 Å². The summed E-state index contributed by atoms with van der Waals surface area (Å²) >= 11 is 0. The molecule has 6 heteroatoms. The molecule has 1 aliphatic rings. The summed E-state index contributed by atoms with van der Waals surface area (Å²) in [6.07, 6.45) is 2.34. The van der Waals surface area contributed by atoms with Crippen molar-refractivity contribution in [1.82, 2.24) is 15.5 Å². The van der Waals surface area contributed by atoms with E-state index >= 15 is 0 Å². The molecule has 1 heterocycles. The number of hydrogen-bond acceptors (Lipinski definition) is 3. The summed E-state index contributed by atoms with van der Waals surface area (Å²) < 4.78 is 0. The number of rotatable bonds is 7. The summed E-state index contributed by atoms with van der Waals surface area (Å²) in [5.74, 6) is -0.326. The van der Waals surface area contributed by atoms with Gasteiger partial charge in [-0.3, -0.25) is 4.79 Å². The SMILES string of the molecule is CCN1CCC(CNC(=O)NCC(C)CC(=O)O)CC1. The van der Waals surface area contributed by atoms with E-state index in [1.165, 1.54) is 0 Å². The van der Waals surface area contributed by atoms with Crippen LogP contribution < -0.4 is 10.6 Å². The predicted molar refractivity (Wildman–Crippen MR) is 77.7 cm³/mol. The van der Waals surface area contributed by atoms with E-state index in [4.69, 9.17) is 5.11 Å². The van der Waals surface area contributed by atoms with Crippen LogP contribution in [0.15, 0.2) is 0 Å². The average Bonchev–Trinajstić information content (AvgIpc) is 2.42. The van der Waals surface area contributed by atoms with Crippen molar-refractivity contribution >= 4 is 12.0 Å². The number of nitrogens with one attached hydrogen (secondary N) is 2. The maximum Gasteiger partial charge on any atom is 0.314 e. The number of urea groups is 1. The summed E-state index contributed by atoms with van der Waals surface area (Å²) in [4.78, 5) is 24.5. The van der Waals surface area contributed by atoms with E-state index in [9.17, 15) is 9.59 Å². The molecular formula is C14H27N3O3. The largest absolute Gasteiger partial charge is 0.481 e. The molecule has 3 N–H and O–H groups in total. The Bertz CT molecular complexity index is 315. The van der Waals surface area contributed by atoms with Gasteiger partial charge in [-0.25, -0.2) is 4.79 Å². The highest BCUT2D eigenvalue weighted by Gasteiger charge is 2.18. The molecule has 1 aliphatic heterocycles. The summed E-state index contributed by atoms with van der Waals surface area (Å²) in [6.45, 7) is 8.41. The smallest absolute Gasteiger partial charge is 0.314 e. The first-order valence-corrected chi connectivity index (χ1v) is 7.47. The number of likely N-dealkylation sites (tertiary alicyclic amines) is 1. The molecule has 1 saturated heterocycles. The van der Waals surface area contributed by atoms with Crippen molar-refractivity contribution in [3.05, 3.63) is 0 Å². The molecule has 0 aromatic carbocycles. The number of carboxylic acids is 1. The molecule has 2 amide bonds. The topological polar surface area (TPSA) is 81.7 Å². The standard InChI is InChI=1S/C14H27N3O3/c1-3-17-6-4-12(5-7-17)10-16-14(20)15-9-11(2)8-13(18)19/h11-12H,3-10H2,1-2H3,(H,18,19)(H2,15,16,20). The van der Waals surface area contributed by atoms with Crippen molar-refractivity contribution in [1.29, 1.82) is 0 Å². The number of carbonyl (C=O) groups excluding carboxylic acids is 1. The zero-order valence-electron chi connectivity index (χ0n) is 12.5. The monoisotopic (exact) mass is 285 g/mol. The minimum atomic E-state index is -0.831. The fraction of sp³-hybridized carbons (Fsp3) is 0.857. The highest BCUT2D eigenvalue weighted by atomic mass is 16.4. The third kappa shape index (κ3) is 6.75. The quantitative estimate of drug-likeness (QED) is 0.655. The Balaban J connectivity index is 2.10. The number of carbonyl (C=O) groups is 2. The Kier molecular flexibility index (Phi) is 7.36. The zero-order valence-corrected chi connectivity index (χ0v) is 12.5. The molecule has 0 aromatic heterocycles. The molecule has 1 rings (SSSR count). The molecule has 116 valence electrons. The molecule has 0 aromatic rings. The summed E-state index contributed by atoms with van der Waals surface area (Å²) in [5, 5.41) is 14.2. The van der Waals surface area contributed by atoms with Crippen LogP contribution in [0.25, 0.3) is 0 Å². The minimum absolute atomic E-state index is 0.0500. The number of piperidine rings is 1. The third-order valence-corrected chi connectivity index (χ3v) is 3.84. The molecule has 1 atom stereocenters. The molecule has 6 nitrogen and oxygen atoms in total. The summed E-state index contributed by atoms with van der Waals surface area (Å²) in [5.41, 5.74) is 0. The zero-order chi connectivity index (χ0) is 15.0. The van der Waals surface area contributed by atoms with Crippen molar-refractivity contribution in [2.24, 2.45) is 11.8 Å². The maximum atomic E-state index is 11.6. The van der Waals surface area contributed by atoms with Crippen LogP contribution in [-0.2, 0) is 4.79 Å². The predicted octanol–water partition coefficient (Wildman–Crippen LogP) is 1.13. The Morgan fingerprint density at radius 1 is 1.30 bits per heavy atom. The molecular weight excluding hydrogens is 258 g/mol. The van der Waals surface area contributed by atoms with Gasteiger partial charge in [-0.05, 0) is 44.3 Å². The highest BCUT2D eigenvalue weighted by molar-refractivity contribution is 5.74. The van der Waals surface area contributed by atoms with Crippen molar-refractivity contribution < 1.29 is 14.7 Å². The van der Waals surface area contributed by atoms with Gasteiger partial charge in [0, 0.05) is 19.5 Å². The molecule has 0 aliphatic carbocycles. The normalized spacial score (nSPS) is 18.5. The number of amides is 2. The number of nitrogens with zero attached hydrogens (tertiary/aromatic N) is 1. The van der Waals surface area contributed by atoms with Crippen molar-refractivity contribution in [2.75, 3.05) is 32.7 Å². The van der Waals surface area contributed by atoms with Gasteiger partial charge < -0.3 is 20.6 Å². The Morgan fingerprint density at radius 2 is 1.95 bits per heavy atom. The van der Waals surface area contributed by atoms with Gasteiger partial charge in [-0.15, -0.1) is 0 Å². The second-order valence-electron chi connectivity index (χ2n) is 5.67. The summed E-state index contributed by atoms with van der Waals surface area (Å²) in [7, 11) is 0. The van der Waals surface area contributed by atoms with E-state index in [1.807, 2.05) is 6.92 Å². The Hall–Kier alpha value is -1.30. The van der Waals surface area contributed by atoms with Crippen molar-refractivity contribution in [3.63, 3.8) is 0 Å². The first kappa shape index (κ1) is 16.8. The van der Waals surface area contributed by atoms with Crippen LogP contribution in [0.5, 0.6) is 0 Å². The fourth-order valence-electron chi connectivity index (χ4n) is 2.44.